The van der Waals surface area contributed by atoms with Crippen LogP contribution in [0.1, 0.15) is 77.2 Å². The van der Waals surface area contributed by atoms with E-state index in [1.54, 1.807) is 84.9 Å². The SMILES string of the molecule is C[C@H](NC(=O)[C@H](C)NC(=O)[C@H](CCC(=O)ONS)NC(=O)CCNC(=O)C12CC3CC(CC(C3)C1)C2)C(=O)NC(Cc1ccccc1)P(=O)(Oc1ccccc1)Oc1ccccc1. The maximum absolute atomic E-state index is 14.9. The van der Waals surface area contributed by atoms with Gasteiger partial charge in [-0.05, 0) is 106 Å². The third-order valence-electron chi connectivity index (χ3n) is 12.0. The molecule has 0 spiro atoms. The summed E-state index contributed by atoms with van der Waals surface area (Å²) in [5.74, 6) is -2.52. The number of carbonyl (C=O) groups excluding carboxylic acids is 6. The molecule has 63 heavy (non-hydrogen) atoms. The number of thiol groups is 1. The molecule has 0 aliphatic heterocycles. The van der Waals surface area contributed by atoms with E-state index >= 15 is 0 Å². The van der Waals surface area contributed by atoms with E-state index < -0.39 is 61.1 Å². The molecule has 0 aromatic heterocycles. The topological polar surface area (TPSA) is 219 Å². The van der Waals surface area contributed by atoms with E-state index in [-0.39, 0.29) is 55.0 Å². The summed E-state index contributed by atoms with van der Waals surface area (Å²) >= 11 is 3.65. The molecule has 4 aliphatic rings. The Bertz CT molecular complexity index is 2040. The second-order valence-corrected chi connectivity index (χ2v) is 19.2. The first-order valence-corrected chi connectivity index (χ1v) is 23.5. The molecule has 1 unspecified atom stereocenters. The number of para-hydroxylation sites is 2. The average Bonchev–Trinajstić information content (AvgIpc) is 3.25. The molecule has 0 saturated heterocycles. The van der Waals surface area contributed by atoms with Crippen molar-refractivity contribution < 1.29 is 47.2 Å². The normalized spacial score (nSPS) is 21.7. The fourth-order valence-corrected chi connectivity index (χ4v) is 11.3. The quantitative estimate of drug-likeness (QED) is 0.0408. The Balaban J connectivity index is 1.06. The highest BCUT2D eigenvalue weighted by Gasteiger charge is 2.54. The molecule has 3 aromatic rings. The van der Waals surface area contributed by atoms with Gasteiger partial charge in [-0.3, -0.25) is 28.8 Å². The molecule has 16 nitrogen and oxygen atoms in total. The summed E-state index contributed by atoms with van der Waals surface area (Å²) in [7, 11) is -4.27. The summed E-state index contributed by atoms with van der Waals surface area (Å²) in [4.78, 5) is 86.1. The molecular formula is C45H57N6O10PS. The minimum Gasteiger partial charge on any atom is -0.415 e. The van der Waals surface area contributed by atoms with Crippen molar-refractivity contribution in [2.75, 3.05) is 6.54 Å². The first kappa shape index (κ1) is 47.1. The molecule has 4 saturated carbocycles. The minimum absolute atomic E-state index is 0.0183. The molecule has 0 radical (unpaired) electrons. The molecular weight excluding hydrogens is 848 g/mol. The van der Waals surface area contributed by atoms with E-state index in [1.807, 2.05) is 11.0 Å². The van der Waals surface area contributed by atoms with Crippen molar-refractivity contribution in [1.29, 1.82) is 0 Å². The fraction of sp³-hybridized carbons (Fsp3) is 0.467. The lowest BCUT2D eigenvalue weighted by atomic mass is 9.49. The fourth-order valence-electron chi connectivity index (χ4n) is 9.32. The standard InChI is InChI=1S/C45H57N6O10PS/c1-29(48-43(56)37(18-19-40(53)59-51-63)49-38(52)20-21-46-44(57)45-26-32-22-33(27-45)24-34(23-32)28-45)41(54)47-30(2)42(55)50-39(25-31-12-6-3-7-13-31)62(58,60-35-14-8-4-9-15-35)61-36-16-10-5-11-17-36/h3-17,29-30,32-34,37,39,51,63H,18-28H2,1-2H3,(H,46,57)(H,47,54)(H,48,56)(H,49,52)(H,50,55)/t29-,30-,32?,33?,34?,37-,39?,45?/m0/s1. The summed E-state index contributed by atoms with van der Waals surface area (Å²) in [5.41, 5.74) is 0.354. The Labute approximate surface area is 373 Å². The van der Waals surface area contributed by atoms with Crippen molar-refractivity contribution in [3.05, 3.63) is 96.6 Å². The molecule has 4 atom stereocenters. The third-order valence-corrected chi connectivity index (χ3v) is 14.1. The average molecular weight is 905 g/mol. The van der Waals surface area contributed by atoms with Crippen LogP contribution in [0.15, 0.2) is 91.0 Å². The number of hydrogen-bond acceptors (Lipinski definition) is 12. The summed E-state index contributed by atoms with van der Waals surface area (Å²) in [6.07, 6.45) is 5.69. The van der Waals surface area contributed by atoms with Crippen LogP contribution < -0.4 is 40.5 Å². The van der Waals surface area contributed by atoms with Gasteiger partial charge in [0.1, 0.15) is 29.6 Å². The maximum atomic E-state index is 14.9. The predicted molar refractivity (Wildman–Crippen MR) is 237 cm³/mol. The number of hydrogen-bond donors (Lipinski definition) is 7. The van der Waals surface area contributed by atoms with Gasteiger partial charge in [-0.15, -0.1) is 0 Å². The van der Waals surface area contributed by atoms with Crippen molar-refractivity contribution in [1.82, 2.24) is 31.5 Å². The number of nitrogens with one attached hydrogen (secondary N) is 6. The summed E-state index contributed by atoms with van der Waals surface area (Å²) in [5, 5.41) is 13.5. The summed E-state index contributed by atoms with van der Waals surface area (Å²) in [6.45, 7) is 2.89. The van der Waals surface area contributed by atoms with Crippen LogP contribution in [0.5, 0.6) is 11.5 Å². The van der Waals surface area contributed by atoms with Crippen LogP contribution in [0.25, 0.3) is 0 Å². The van der Waals surface area contributed by atoms with Crippen LogP contribution in [0, 0.1) is 23.2 Å². The molecule has 338 valence electrons. The highest BCUT2D eigenvalue weighted by molar-refractivity contribution is 7.77. The molecule has 3 aromatic carbocycles. The lowest BCUT2D eigenvalue weighted by Crippen LogP contribution is -2.56. The highest BCUT2D eigenvalue weighted by Crippen LogP contribution is 2.60. The lowest BCUT2D eigenvalue weighted by Gasteiger charge is -2.55. The first-order chi connectivity index (χ1) is 30.2. The molecule has 18 heteroatoms. The summed E-state index contributed by atoms with van der Waals surface area (Å²) in [6, 6.07) is 22.2. The largest absolute Gasteiger partial charge is 0.453 e. The van der Waals surface area contributed by atoms with Gasteiger partial charge in [-0.25, -0.2) is 4.57 Å². The smallest absolute Gasteiger partial charge is 0.415 e. The van der Waals surface area contributed by atoms with Gasteiger partial charge in [0, 0.05) is 31.2 Å². The van der Waals surface area contributed by atoms with Gasteiger partial charge in [0.05, 0.1) is 0 Å². The van der Waals surface area contributed by atoms with Crippen LogP contribution in [0.4, 0.5) is 0 Å². The van der Waals surface area contributed by atoms with E-state index in [2.05, 4.69) is 44.2 Å². The molecule has 5 amide bonds. The molecule has 4 fully saturated rings. The van der Waals surface area contributed by atoms with Crippen LogP contribution in [0.2, 0.25) is 0 Å². The van der Waals surface area contributed by atoms with E-state index in [1.165, 1.54) is 33.1 Å². The monoisotopic (exact) mass is 904 g/mol. The van der Waals surface area contributed by atoms with Crippen LogP contribution in [-0.4, -0.2) is 66.0 Å². The zero-order valence-electron chi connectivity index (χ0n) is 35.5. The van der Waals surface area contributed by atoms with Crippen LogP contribution >= 0.6 is 20.4 Å². The van der Waals surface area contributed by atoms with Gasteiger partial charge in [0.25, 0.3) is 0 Å². The maximum Gasteiger partial charge on any atom is 0.453 e. The van der Waals surface area contributed by atoms with Gasteiger partial charge in [-0.1, -0.05) is 84.4 Å². The minimum atomic E-state index is -4.27. The predicted octanol–water partition coefficient (Wildman–Crippen LogP) is 4.91. The Morgan fingerprint density at radius 1 is 0.683 bits per heavy atom. The van der Waals surface area contributed by atoms with Gasteiger partial charge >= 0.3 is 13.6 Å². The molecule has 7 rings (SSSR count). The van der Waals surface area contributed by atoms with E-state index in [0.717, 1.165) is 24.8 Å². The number of carbonyl (C=O) groups is 6. The van der Waals surface area contributed by atoms with E-state index in [4.69, 9.17) is 9.05 Å². The lowest BCUT2D eigenvalue weighted by molar-refractivity contribution is -0.147. The molecule has 4 aliphatic carbocycles. The van der Waals surface area contributed by atoms with Crippen molar-refractivity contribution in [2.45, 2.75) is 102 Å². The second-order valence-electron chi connectivity index (χ2n) is 17.0. The van der Waals surface area contributed by atoms with Crippen molar-refractivity contribution in [3.8, 4) is 11.5 Å². The number of benzene rings is 3. The van der Waals surface area contributed by atoms with E-state index in [0.29, 0.717) is 17.8 Å². The zero-order valence-corrected chi connectivity index (χ0v) is 37.2. The van der Waals surface area contributed by atoms with Gasteiger partial charge in [0.15, 0.2) is 5.78 Å². The van der Waals surface area contributed by atoms with Gasteiger partial charge in [-0.2, -0.15) is 0 Å². The van der Waals surface area contributed by atoms with Crippen molar-refractivity contribution >= 4 is 55.9 Å². The first-order valence-electron chi connectivity index (χ1n) is 21.4. The highest BCUT2D eigenvalue weighted by atomic mass is 32.1. The zero-order chi connectivity index (χ0) is 45.0. The summed E-state index contributed by atoms with van der Waals surface area (Å²) < 4.78 is 27.0. The van der Waals surface area contributed by atoms with Crippen LogP contribution in [0.3, 0.4) is 0 Å². The third kappa shape index (κ3) is 13.1. The van der Waals surface area contributed by atoms with Gasteiger partial charge in [0.2, 0.25) is 29.5 Å². The van der Waals surface area contributed by atoms with E-state index in [9.17, 15) is 33.3 Å². The Morgan fingerprint density at radius 3 is 1.70 bits per heavy atom. The number of amides is 5. The van der Waals surface area contributed by atoms with Crippen LogP contribution in [-0.2, 0) is 44.6 Å². The van der Waals surface area contributed by atoms with Crippen molar-refractivity contribution in [2.24, 2.45) is 23.2 Å². The molecule has 4 bridgehead atoms. The molecule has 6 N–H and O–H groups in total. The Kier molecular flexibility index (Phi) is 16.3. The number of rotatable bonds is 22. The Morgan fingerprint density at radius 2 is 1.17 bits per heavy atom. The second kappa shape index (κ2) is 21.8. The Hall–Kier alpha value is -5.38. The molecule has 0 heterocycles. The van der Waals surface area contributed by atoms with Gasteiger partial charge < -0.3 is 40.5 Å². The van der Waals surface area contributed by atoms with Crippen molar-refractivity contribution in [3.63, 3.8) is 0 Å².